The monoisotopic (exact) mass is 406 g/mol. The Hall–Kier alpha value is -2.94. The summed E-state index contributed by atoms with van der Waals surface area (Å²) >= 11 is 0. The number of amides is 2. The highest BCUT2D eigenvalue weighted by Gasteiger charge is 2.28. The first-order valence-electron chi connectivity index (χ1n) is 8.71. The van der Waals surface area contributed by atoms with Crippen molar-refractivity contribution in [2.75, 3.05) is 5.32 Å². The maximum atomic E-state index is 13.6. The quantitative estimate of drug-likeness (QED) is 0.767. The molecule has 7 nitrogen and oxygen atoms in total. The molecule has 1 heterocycles. The number of sulfonamides is 1. The minimum atomic E-state index is -4.14. The Balaban J connectivity index is 1.69. The van der Waals surface area contributed by atoms with Crippen molar-refractivity contribution in [1.82, 2.24) is 4.72 Å². The Morgan fingerprint density at radius 2 is 2.00 bits per heavy atom. The van der Waals surface area contributed by atoms with Crippen LogP contribution >= 0.6 is 0 Å². The highest BCUT2D eigenvalue weighted by molar-refractivity contribution is 7.90. The van der Waals surface area contributed by atoms with E-state index in [2.05, 4.69) is 5.32 Å². The number of nitrogens with one attached hydrogen (secondary N) is 2. The van der Waals surface area contributed by atoms with Crippen LogP contribution in [0.3, 0.4) is 0 Å². The summed E-state index contributed by atoms with van der Waals surface area (Å²) < 4.78 is 46.0. The van der Waals surface area contributed by atoms with Crippen molar-refractivity contribution >= 4 is 27.5 Å². The van der Waals surface area contributed by atoms with Crippen LogP contribution in [0.5, 0.6) is 5.75 Å². The van der Waals surface area contributed by atoms with Gasteiger partial charge < -0.3 is 10.1 Å². The van der Waals surface area contributed by atoms with Crippen LogP contribution in [-0.4, -0.2) is 26.3 Å². The average Bonchev–Trinajstić information content (AvgIpc) is 2.66. The predicted molar refractivity (Wildman–Crippen MR) is 99.8 cm³/mol. The van der Waals surface area contributed by atoms with E-state index in [0.717, 1.165) is 0 Å². The number of anilines is 1. The van der Waals surface area contributed by atoms with Crippen LogP contribution in [0, 0.1) is 5.82 Å². The summed E-state index contributed by atoms with van der Waals surface area (Å²) in [6.07, 6.45) is -0.277. The number of fused-ring (bicyclic) bond motifs is 1. The van der Waals surface area contributed by atoms with Crippen molar-refractivity contribution in [2.24, 2.45) is 0 Å². The number of ether oxygens (including phenoxy) is 1. The van der Waals surface area contributed by atoms with Gasteiger partial charge in [0.15, 0.2) is 6.10 Å². The Morgan fingerprint density at radius 1 is 1.25 bits per heavy atom. The van der Waals surface area contributed by atoms with E-state index in [9.17, 15) is 22.4 Å². The molecule has 0 radical (unpaired) electrons. The van der Waals surface area contributed by atoms with E-state index in [1.807, 2.05) is 4.72 Å². The first-order chi connectivity index (χ1) is 13.3. The van der Waals surface area contributed by atoms with Gasteiger partial charge in [0, 0.05) is 6.42 Å². The molecule has 28 heavy (non-hydrogen) atoms. The van der Waals surface area contributed by atoms with Gasteiger partial charge in [-0.3, -0.25) is 9.59 Å². The topological polar surface area (TPSA) is 102 Å². The van der Waals surface area contributed by atoms with Gasteiger partial charge in [-0.15, -0.1) is 0 Å². The van der Waals surface area contributed by atoms with Gasteiger partial charge in [0.1, 0.15) is 11.6 Å². The average molecular weight is 406 g/mol. The molecule has 0 bridgehead atoms. The molecule has 0 unspecified atom stereocenters. The van der Waals surface area contributed by atoms with Crippen LogP contribution in [0.4, 0.5) is 10.1 Å². The highest BCUT2D eigenvalue weighted by Crippen LogP contribution is 2.32. The second kappa shape index (κ2) is 7.97. The van der Waals surface area contributed by atoms with Gasteiger partial charge in [0.2, 0.25) is 5.91 Å². The zero-order valence-electron chi connectivity index (χ0n) is 15.1. The SMILES string of the molecule is CC[C@@H]1Oc2ccc(S(=O)(=O)NC(=O)CCc3ccccc3F)cc2NC1=O. The van der Waals surface area contributed by atoms with Crippen LogP contribution in [0.2, 0.25) is 0 Å². The summed E-state index contributed by atoms with van der Waals surface area (Å²) in [4.78, 5) is 23.7. The smallest absolute Gasteiger partial charge is 0.265 e. The molecule has 0 fully saturated rings. The number of halogens is 1. The Bertz CT molecular complexity index is 1020. The fourth-order valence-corrected chi connectivity index (χ4v) is 3.81. The molecule has 1 atom stereocenters. The second-order valence-electron chi connectivity index (χ2n) is 6.28. The normalized spacial score (nSPS) is 15.9. The number of aryl methyl sites for hydroxylation is 1. The van der Waals surface area contributed by atoms with Gasteiger partial charge >= 0.3 is 0 Å². The first kappa shape index (κ1) is 19.8. The second-order valence-corrected chi connectivity index (χ2v) is 7.96. The van der Waals surface area contributed by atoms with Crippen LogP contribution in [-0.2, 0) is 26.0 Å². The number of benzene rings is 2. The standard InChI is InChI=1S/C19H19FN2O5S/c1-2-16-19(24)21-15-11-13(8-9-17(15)27-16)28(25,26)22-18(23)10-7-12-5-3-4-6-14(12)20/h3-6,8-9,11,16H,2,7,10H2,1H3,(H,21,24)(H,22,23)/t16-/m0/s1. The maximum absolute atomic E-state index is 13.6. The third kappa shape index (κ3) is 4.30. The van der Waals surface area contributed by atoms with E-state index < -0.39 is 27.9 Å². The van der Waals surface area contributed by atoms with Gasteiger partial charge in [-0.05, 0) is 42.7 Å². The Morgan fingerprint density at radius 3 is 2.71 bits per heavy atom. The van der Waals surface area contributed by atoms with Crippen LogP contribution in [0.15, 0.2) is 47.4 Å². The van der Waals surface area contributed by atoms with Crippen molar-refractivity contribution < 1.29 is 27.1 Å². The minimum absolute atomic E-state index is 0.0700. The van der Waals surface area contributed by atoms with E-state index in [-0.39, 0.29) is 29.3 Å². The molecular formula is C19H19FN2O5S. The van der Waals surface area contributed by atoms with Gasteiger partial charge in [-0.1, -0.05) is 25.1 Å². The molecule has 148 valence electrons. The van der Waals surface area contributed by atoms with Crippen LogP contribution in [0.1, 0.15) is 25.3 Å². The number of hydrogen-bond donors (Lipinski definition) is 2. The van der Waals surface area contributed by atoms with Crippen LogP contribution < -0.4 is 14.8 Å². The lowest BCUT2D eigenvalue weighted by atomic mass is 10.1. The summed E-state index contributed by atoms with van der Waals surface area (Å²) in [6.45, 7) is 1.80. The third-order valence-electron chi connectivity index (χ3n) is 4.28. The van der Waals surface area contributed by atoms with Crippen molar-refractivity contribution in [3.8, 4) is 5.75 Å². The van der Waals surface area contributed by atoms with Crippen molar-refractivity contribution in [1.29, 1.82) is 0 Å². The Labute approximate surface area is 161 Å². The van der Waals surface area contributed by atoms with E-state index in [1.165, 1.54) is 36.4 Å². The van der Waals surface area contributed by atoms with Crippen molar-refractivity contribution in [3.05, 3.63) is 53.8 Å². The van der Waals surface area contributed by atoms with Crippen molar-refractivity contribution in [2.45, 2.75) is 37.2 Å². The molecule has 2 N–H and O–H groups in total. The van der Waals surface area contributed by atoms with E-state index in [0.29, 0.717) is 17.7 Å². The molecule has 0 saturated heterocycles. The number of hydrogen-bond acceptors (Lipinski definition) is 5. The molecule has 2 amide bonds. The molecule has 0 aromatic heterocycles. The fraction of sp³-hybridized carbons (Fsp3) is 0.263. The number of rotatable bonds is 6. The molecule has 1 aliphatic rings. The summed E-state index contributed by atoms with van der Waals surface area (Å²) in [6, 6.07) is 9.92. The molecule has 9 heteroatoms. The molecule has 3 rings (SSSR count). The minimum Gasteiger partial charge on any atom is -0.478 e. The van der Waals surface area contributed by atoms with Gasteiger partial charge in [-0.25, -0.2) is 17.5 Å². The predicted octanol–water partition coefficient (Wildman–Crippen LogP) is 2.37. The lowest BCUT2D eigenvalue weighted by Gasteiger charge is -2.25. The van der Waals surface area contributed by atoms with Gasteiger partial charge in [0.05, 0.1) is 10.6 Å². The van der Waals surface area contributed by atoms with Gasteiger partial charge in [-0.2, -0.15) is 0 Å². The molecule has 2 aromatic carbocycles. The van der Waals surface area contributed by atoms with Gasteiger partial charge in [0.25, 0.3) is 15.9 Å². The summed E-state index contributed by atoms with van der Waals surface area (Å²) in [5.74, 6) is -1.21. The lowest BCUT2D eigenvalue weighted by Crippen LogP contribution is -2.36. The maximum Gasteiger partial charge on any atom is 0.265 e. The van der Waals surface area contributed by atoms with E-state index in [4.69, 9.17) is 4.74 Å². The Kier molecular flexibility index (Phi) is 5.64. The van der Waals surface area contributed by atoms with Crippen LogP contribution in [0.25, 0.3) is 0 Å². The first-order valence-corrected chi connectivity index (χ1v) is 10.2. The third-order valence-corrected chi connectivity index (χ3v) is 5.65. The molecule has 2 aromatic rings. The molecule has 0 spiro atoms. The zero-order valence-corrected chi connectivity index (χ0v) is 15.9. The zero-order chi connectivity index (χ0) is 20.3. The highest BCUT2D eigenvalue weighted by atomic mass is 32.2. The summed E-state index contributed by atoms with van der Waals surface area (Å²) in [7, 11) is -4.14. The molecule has 0 saturated carbocycles. The fourth-order valence-electron chi connectivity index (χ4n) is 2.77. The summed E-state index contributed by atoms with van der Waals surface area (Å²) in [5, 5.41) is 2.60. The number of carbonyl (C=O) groups is 2. The lowest BCUT2D eigenvalue weighted by molar-refractivity contribution is -0.123. The van der Waals surface area contributed by atoms with E-state index >= 15 is 0 Å². The van der Waals surface area contributed by atoms with Crippen molar-refractivity contribution in [3.63, 3.8) is 0 Å². The molecule has 1 aliphatic heterocycles. The van der Waals surface area contributed by atoms with E-state index in [1.54, 1.807) is 13.0 Å². The molecular weight excluding hydrogens is 387 g/mol. The molecule has 0 aliphatic carbocycles. The largest absolute Gasteiger partial charge is 0.478 e. The summed E-state index contributed by atoms with van der Waals surface area (Å²) in [5.41, 5.74) is 0.547. The number of carbonyl (C=O) groups excluding carboxylic acids is 2.